The summed E-state index contributed by atoms with van der Waals surface area (Å²) in [5, 5.41) is 2.89. The Bertz CT molecular complexity index is 479. The third kappa shape index (κ3) is 3.24. The van der Waals surface area contributed by atoms with Gasteiger partial charge < -0.3 is 16.0 Å². The molecule has 0 saturated carbocycles. The van der Waals surface area contributed by atoms with Gasteiger partial charge in [0.15, 0.2) is 0 Å². The maximum Gasteiger partial charge on any atom is 0.255 e. The van der Waals surface area contributed by atoms with Crippen LogP contribution in [-0.2, 0) is 4.79 Å². The lowest BCUT2D eigenvalue weighted by molar-refractivity contribution is -0.119. The Hall–Kier alpha value is -2.04. The van der Waals surface area contributed by atoms with Crippen LogP contribution in [0.25, 0.3) is 0 Å². The Balaban J connectivity index is 1.96. The smallest absolute Gasteiger partial charge is 0.255 e. The lowest BCUT2D eigenvalue weighted by atomic mass is 10.0. The average Bonchev–Trinajstić information content (AvgIpc) is 2.39. The van der Waals surface area contributed by atoms with E-state index in [1.54, 1.807) is 17.0 Å². The van der Waals surface area contributed by atoms with Crippen LogP contribution >= 0.6 is 0 Å². The molecule has 0 atom stereocenters. The van der Waals surface area contributed by atoms with Gasteiger partial charge >= 0.3 is 0 Å². The van der Waals surface area contributed by atoms with Gasteiger partial charge in [0.25, 0.3) is 5.91 Å². The molecule has 0 spiro atoms. The number of piperidine rings is 1. The maximum atomic E-state index is 12.3. The largest absolute Gasteiger partial charge is 0.398 e. The fourth-order valence-electron chi connectivity index (χ4n) is 2.38. The van der Waals surface area contributed by atoms with E-state index in [9.17, 15) is 9.59 Å². The maximum absolute atomic E-state index is 12.3. The molecular weight excluding hydrogens is 242 g/mol. The van der Waals surface area contributed by atoms with Gasteiger partial charge in [-0.1, -0.05) is 12.1 Å². The number of carbonyl (C=O) groups is 2. The third-order valence-electron chi connectivity index (χ3n) is 3.38. The summed E-state index contributed by atoms with van der Waals surface area (Å²) in [6, 6.07) is 7.28. The quantitative estimate of drug-likeness (QED) is 0.780. The highest BCUT2D eigenvalue weighted by molar-refractivity contribution is 5.99. The summed E-state index contributed by atoms with van der Waals surface area (Å²) in [5.74, 6) is -0.0449. The fourth-order valence-corrected chi connectivity index (χ4v) is 2.38. The molecule has 1 saturated heterocycles. The van der Waals surface area contributed by atoms with Crippen molar-refractivity contribution in [2.75, 3.05) is 18.8 Å². The highest BCUT2D eigenvalue weighted by atomic mass is 16.2. The molecule has 102 valence electrons. The minimum absolute atomic E-state index is 0.0166. The second-order valence-corrected chi connectivity index (χ2v) is 4.85. The summed E-state index contributed by atoms with van der Waals surface area (Å²) in [7, 11) is 0. The molecule has 0 aliphatic carbocycles. The summed E-state index contributed by atoms with van der Waals surface area (Å²) < 4.78 is 0. The highest BCUT2D eigenvalue weighted by Gasteiger charge is 2.24. The molecule has 19 heavy (non-hydrogen) atoms. The minimum Gasteiger partial charge on any atom is -0.398 e. The number of nitrogen functional groups attached to an aromatic ring is 1. The Morgan fingerprint density at radius 3 is 2.47 bits per heavy atom. The monoisotopic (exact) mass is 261 g/mol. The van der Waals surface area contributed by atoms with Gasteiger partial charge in [0.05, 0.1) is 5.56 Å². The lowest BCUT2D eigenvalue weighted by Gasteiger charge is -2.32. The molecule has 0 unspecified atom stereocenters. The van der Waals surface area contributed by atoms with Crippen LogP contribution in [0.2, 0.25) is 0 Å². The lowest BCUT2D eigenvalue weighted by Crippen LogP contribution is -2.46. The van der Waals surface area contributed by atoms with Crippen molar-refractivity contribution < 1.29 is 9.59 Å². The first-order valence-corrected chi connectivity index (χ1v) is 6.49. The number of carbonyl (C=O) groups excluding carboxylic acids is 2. The van der Waals surface area contributed by atoms with Crippen molar-refractivity contribution in [3.05, 3.63) is 29.8 Å². The zero-order valence-corrected chi connectivity index (χ0v) is 11.1. The van der Waals surface area contributed by atoms with Crippen LogP contribution in [0, 0.1) is 0 Å². The van der Waals surface area contributed by atoms with E-state index in [-0.39, 0.29) is 17.9 Å². The van der Waals surface area contributed by atoms with Crippen LogP contribution in [0.5, 0.6) is 0 Å². The van der Waals surface area contributed by atoms with Gasteiger partial charge in [-0.05, 0) is 25.0 Å². The van der Waals surface area contributed by atoms with Crippen molar-refractivity contribution in [3.63, 3.8) is 0 Å². The van der Waals surface area contributed by atoms with Crippen LogP contribution in [-0.4, -0.2) is 35.8 Å². The first kappa shape index (κ1) is 13.4. The number of rotatable bonds is 2. The van der Waals surface area contributed by atoms with E-state index in [2.05, 4.69) is 5.32 Å². The van der Waals surface area contributed by atoms with E-state index in [1.807, 2.05) is 12.1 Å². The Labute approximate surface area is 112 Å². The number of benzene rings is 1. The summed E-state index contributed by atoms with van der Waals surface area (Å²) >= 11 is 0. The number of hydrogen-bond donors (Lipinski definition) is 2. The van der Waals surface area contributed by atoms with Gasteiger partial charge in [0.1, 0.15) is 0 Å². The Morgan fingerprint density at radius 1 is 1.26 bits per heavy atom. The number of para-hydroxylation sites is 1. The standard InChI is InChI=1S/C14H19N3O2/c1-10(18)16-11-6-8-17(9-7-11)14(19)12-4-2-3-5-13(12)15/h2-5,11H,6-9,15H2,1H3,(H,16,18). The SMILES string of the molecule is CC(=O)NC1CCN(C(=O)c2ccccc2N)CC1. The van der Waals surface area contributed by atoms with E-state index in [4.69, 9.17) is 5.73 Å². The first-order valence-electron chi connectivity index (χ1n) is 6.49. The minimum atomic E-state index is -0.0284. The average molecular weight is 261 g/mol. The van der Waals surface area contributed by atoms with Gasteiger partial charge in [-0.25, -0.2) is 0 Å². The van der Waals surface area contributed by atoms with Gasteiger partial charge in [-0.3, -0.25) is 9.59 Å². The van der Waals surface area contributed by atoms with Crippen molar-refractivity contribution in [1.82, 2.24) is 10.2 Å². The van der Waals surface area contributed by atoms with Crippen molar-refractivity contribution in [1.29, 1.82) is 0 Å². The van der Waals surface area contributed by atoms with Crippen LogP contribution in [0.15, 0.2) is 24.3 Å². The number of nitrogens with one attached hydrogen (secondary N) is 1. The summed E-state index contributed by atoms with van der Waals surface area (Å²) in [5.41, 5.74) is 6.88. The molecule has 1 aliphatic heterocycles. The van der Waals surface area contributed by atoms with Gasteiger partial charge in [0, 0.05) is 31.7 Å². The number of likely N-dealkylation sites (tertiary alicyclic amines) is 1. The zero-order valence-electron chi connectivity index (χ0n) is 11.1. The molecule has 1 aromatic rings. The number of nitrogens with two attached hydrogens (primary N) is 1. The molecule has 0 aromatic heterocycles. The molecule has 2 amide bonds. The molecule has 5 nitrogen and oxygen atoms in total. The summed E-state index contributed by atoms with van der Waals surface area (Å²) in [6.45, 7) is 2.82. The van der Waals surface area contributed by atoms with Crippen LogP contribution in [0.3, 0.4) is 0 Å². The molecule has 3 N–H and O–H groups in total. The Morgan fingerprint density at radius 2 is 1.89 bits per heavy atom. The van der Waals surface area contributed by atoms with E-state index in [0.717, 1.165) is 12.8 Å². The topological polar surface area (TPSA) is 75.4 Å². The van der Waals surface area contributed by atoms with E-state index in [0.29, 0.717) is 24.3 Å². The van der Waals surface area contributed by atoms with Gasteiger partial charge in [0.2, 0.25) is 5.91 Å². The van der Waals surface area contributed by atoms with Crippen molar-refractivity contribution >= 4 is 17.5 Å². The highest BCUT2D eigenvalue weighted by Crippen LogP contribution is 2.17. The van der Waals surface area contributed by atoms with Crippen molar-refractivity contribution in [2.24, 2.45) is 0 Å². The Kier molecular flexibility index (Phi) is 4.04. The predicted molar refractivity (Wildman–Crippen MR) is 73.6 cm³/mol. The molecule has 5 heteroatoms. The normalized spacial score (nSPS) is 16.2. The summed E-state index contributed by atoms with van der Waals surface area (Å²) in [4.78, 5) is 25.1. The van der Waals surface area contributed by atoms with Crippen LogP contribution in [0.1, 0.15) is 30.1 Å². The molecular formula is C14H19N3O2. The summed E-state index contributed by atoms with van der Waals surface area (Å²) in [6.07, 6.45) is 1.58. The molecule has 1 fully saturated rings. The van der Waals surface area contributed by atoms with E-state index < -0.39 is 0 Å². The van der Waals surface area contributed by atoms with Gasteiger partial charge in [-0.2, -0.15) is 0 Å². The van der Waals surface area contributed by atoms with Crippen LogP contribution < -0.4 is 11.1 Å². The number of amides is 2. The van der Waals surface area contributed by atoms with E-state index in [1.165, 1.54) is 6.92 Å². The second-order valence-electron chi connectivity index (χ2n) is 4.85. The molecule has 1 heterocycles. The molecule has 0 bridgehead atoms. The molecule has 0 radical (unpaired) electrons. The van der Waals surface area contributed by atoms with E-state index >= 15 is 0 Å². The third-order valence-corrected chi connectivity index (χ3v) is 3.38. The van der Waals surface area contributed by atoms with Crippen molar-refractivity contribution in [2.45, 2.75) is 25.8 Å². The molecule has 1 aromatic carbocycles. The van der Waals surface area contributed by atoms with Gasteiger partial charge in [-0.15, -0.1) is 0 Å². The predicted octanol–water partition coefficient (Wildman–Crippen LogP) is 1.01. The first-order chi connectivity index (χ1) is 9.08. The van der Waals surface area contributed by atoms with Crippen molar-refractivity contribution in [3.8, 4) is 0 Å². The number of nitrogens with zero attached hydrogens (tertiary/aromatic N) is 1. The number of anilines is 1. The molecule has 1 aliphatic rings. The number of hydrogen-bond acceptors (Lipinski definition) is 3. The zero-order chi connectivity index (χ0) is 13.8. The van der Waals surface area contributed by atoms with Crippen LogP contribution in [0.4, 0.5) is 5.69 Å². The molecule has 2 rings (SSSR count). The second kappa shape index (κ2) is 5.73. The fraction of sp³-hybridized carbons (Fsp3) is 0.429.